The van der Waals surface area contributed by atoms with Crippen LogP contribution >= 0.6 is 0 Å². The Labute approximate surface area is 127 Å². The van der Waals surface area contributed by atoms with Crippen molar-refractivity contribution in [1.29, 1.82) is 0 Å². The molecule has 1 atom stereocenters. The van der Waals surface area contributed by atoms with Crippen LogP contribution in [-0.4, -0.2) is 11.8 Å². The van der Waals surface area contributed by atoms with Gasteiger partial charge in [-0.05, 0) is 23.2 Å². The van der Waals surface area contributed by atoms with E-state index in [0.29, 0.717) is 5.56 Å². The van der Waals surface area contributed by atoms with Crippen LogP contribution in [0.15, 0.2) is 65.8 Å². The van der Waals surface area contributed by atoms with Crippen molar-refractivity contribution in [2.45, 2.75) is 12.5 Å². The van der Waals surface area contributed by atoms with Gasteiger partial charge in [-0.3, -0.25) is 14.9 Å². The molecule has 2 aromatic rings. The molecular weight excluding hydrogens is 280 g/mol. The summed E-state index contributed by atoms with van der Waals surface area (Å²) in [6.07, 6.45) is -0.0906. The third-order valence-electron chi connectivity index (χ3n) is 3.04. The average Bonchev–Trinajstić information content (AvgIpc) is 2.56. The zero-order valence-electron chi connectivity index (χ0n) is 11.7. The van der Waals surface area contributed by atoms with Gasteiger partial charge >= 0.3 is 0 Å². The van der Waals surface area contributed by atoms with Crippen molar-refractivity contribution < 1.29 is 9.59 Å². The molecule has 110 valence electrons. The number of rotatable bonds is 5. The fourth-order valence-corrected chi connectivity index (χ4v) is 1.98. The molecule has 6 heteroatoms. The number of carbonyl (C=O) groups is 2. The average molecular weight is 294 g/mol. The maximum absolute atomic E-state index is 12.0. The van der Waals surface area contributed by atoms with Gasteiger partial charge in [-0.1, -0.05) is 53.6 Å². The molecule has 6 nitrogen and oxygen atoms in total. The number of hydrogen-bond acceptors (Lipinski definition) is 3. The van der Waals surface area contributed by atoms with Crippen LogP contribution in [0.2, 0.25) is 0 Å². The number of hydrogen-bond donors (Lipinski definition) is 1. The predicted molar refractivity (Wildman–Crippen MR) is 81.9 cm³/mol. The lowest BCUT2D eigenvalue weighted by Gasteiger charge is -2.11. The molecule has 1 N–H and O–H groups in total. The third kappa shape index (κ3) is 4.19. The first-order valence-electron chi connectivity index (χ1n) is 6.69. The SMILES string of the molecule is [N-]=[N+]=N[C@@H](CC(=O)NC(=O)c1ccccc1)c1ccccc1. The fourth-order valence-electron chi connectivity index (χ4n) is 1.98. The van der Waals surface area contributed by atoms with E-state index in [1.807, 2.05) is 6.07 Å². The molecular formula is C16H14N4O2. The lowest BCUT2D eigenvalue weighted by Crippen LogP contribution is -2.31. The summed E-state index contributed by atoms with van der Waals surface area (Å²) in [5, 5.41) is 5.92. The van der Waals surface area contributed by atoms with Crippen LogP contribution < -0.4 is 5.32 Å². The molecule has 2 rings (SSSR count). The number of benzene rings is 2. The van der Waals surface area contributed by atoms with Gasteiger partial charge in [0.1, 0.15) is 0 Å². The van der Waals surface area contributed by atoms with Gasteiger partial charge in [-0.25, -0.2) is 0 Å². The Morgan fingerprint density at radius 2 is 1.64 bits per heavy atom. The fraction of sp³-hybridized carbons (Fsp3) is 0.125. The monoisotopic (exact) mass is 294 g/mol. The molecule has 22 heavy (non-hydrogen) atoms. The predicted octanol–water partition coefficient (Wildman–Crippen LogP) is 3.38. The Morgan fingerprint density at radius 3 is 2.23 bits per heavy atom. The molecule has 0 radical (unpaired) electrons. The zero-order valence-corrected chi connectivity index (χ0v) is 11.7. The summed E-state index contributed by atoms with van der Waals surface area (Å²) >= 11 is 0. The smallest absolute Gasteiger partial charge is 0.257 e. The number of azide groups is 1. The maximum atomic E-state index is 12.0. The maximum Gasteiger partial charge on any atom is 0.257 e. The summed E-state index contributed by atoms with van der Waals surface area (Å²) in [7, 11) is 0. The van der Waals surface area contributed by atoms with Gasteiger partial charge in [0.15, 0.2) is 0 Å². The molecule has 0 aliphatic carbocycles. The summed E-state index contributed by atoms with van der Waals surface area (Å²) < 4.78 is 0. The van der Waals surface area contributed by atoms with Gasteiger partial charge in [0, 0.05) is 16.9 Å². The second kappa shape index (κ2) is 7.61. The molecule has 0 aliphatic heterocycles. The highest BCUT2D eigenvalue weighted by Crippen LogP contribution is 2.21. The summed E-state index contributed by atoms with van der Waals surface area (Å²) in [6, 6.07) is 16.8. The van der Waals surface area contributed by atoms with E-state index in [-0.39, 0.29) is 6.42 Å². The normalized spacial score (nSPS) is 11.1. The van der Waals surface area contributed by atoms with E-state index in [9.17, 15) is 9.59 Å². The van der Waals surface area contributed by atoms with Crippen LogP contribution in [0.4, 0.5) is 0 Å². The van der Waals surface area contributed by atoms with E-state index < -0.39 is 17.9 Å². The van der Waals surface area contributed by atoms with Gasteiger partial charge in [0.25, 0.3) is 5.91 Å². The standard InChI is InChI=1S/C16H14N4O2/c17-20-19-14(12-7-3-1-4-8-12)11-15(21)18-16(22)13-9-5-2-6-10-13/h1-10,14H,11H2,(H,18,21,22)/t14-/m0/s1. The van der Waals surface area contributed by atoms with Gasteiger partial charge < -0.3 is 0 Å². The molecule has 0 saturated heterocycles. The Kier molecular flexibility index (Phi) is 5.29. The minimum absolute atomic E-state index is 0.0906. The Balaban J connectivity index is 2.03. The van der Waals surface area contributed by atoms with Gasteiger partial charge in [-0.2, -0.15) is 0 Å². The highest BCUT2D eigenvalue weighted by Gasteiger charge is 2.17. The van der Waals surface area contributed by atoms with E-state index in [1.165, 1.54) is 0 Å². The van der Waals surface area contributed by atoms with Crippen molar-refractivity contribution in [3.8, 4) is 0 Å². The van der Waals surface area contributed by atoms with E-state index in [0.717, 1.165) is 5.56 Å². The lowest BCUT2D eigenvalue weighted by molar-refractivity contribution is -0.120. The number of imide groups is 1. The Morgan fingerprint density at radius 1 is 1.05 bits per heavy atom. The largest absolute Gasteiger partial charge is 0.292 e. The van der Waals surface area contributed by atoms with Crippen molar-refractivity contribution in [2.75, 3.05) is 0 Å². The number of nitrogens with one attached hydrogen (secondary N) is 1. The van der Waals surface area contributed by atoms with Crippen molar-refractivity contribution >= 4 is 11.8 Å². The van der Waals surface area contributed by atoms with E-state index in [4.69, 9.17) is 5.53 Å². The van der Waals surface area contributed by atoms with Crippen LogP contribution in [0.5, 0.6) is 0 Å². The van der Waals surface area contributed by atoms with Crippen LogP contribution in [0.25, 0.3) is 10.4 Å². The van der Waals surface area contributed by atoms with Crippen LogP contribution in [0.3, 0.4) is 0 Å². The molecule has 2 aromatic carbocycles. The molecule has 0 fully saturated rings. The summed E-state index contributed by atoms with van der Waals surface area (Å²) in [5.74, 6) is -0.964. The van der Waals surface area contributed by atoms with E-state index >= 15 is 0 Å². The first-order chi connectivity index (χ1) is 10.7. The lowest BCUT2D eigenvalue weighted by atomic mass is 10.0. The molecule has 0 aliphatic rings. The van der Waals surface area contributed by atoms with Gasteiger partial charge in [-0.15, -0.1) is 0 Å². The van der Waals surface area contributed by atoms with Gasteiger partial charge in [0.05, 0.1) is 6.04 Å². The molecule has 0 aromatic heterocycles. The molecule has 2 amide bonds. The number of nitrogens with zero attached hydrogens (tertiary/aromatic N) is 3. The first-order valence-corrected chi connectivity index (χ1v) is 6.69. The van der Waals surface area contributed by atoms with Crippen molar-refractivity contribution in [3.05, 3.63) is 82.2 Å². The highest BCUT2D eigenvalue weighted by molar-refractivity contribution is 6.04. The third-order valence-corrected chi connectivity index (χ3v) is 3.04. The molecule has 0 heterocycles. The topological polar surface area (TPSA) is 94.9 Å². The quantitative estimate of drug-likeness (QED) is 0.519. The van der Waals surface area contributed by atoms with Crippen molar-refractivity contribution in [2.24, 2.45) is 5.11 Å². The van der Waals surface area contributed by atoms with Crippen LogP contribution in [-0.2, 0) is 4.79 Å². The van der Waals surface area contributed by atoms with Crippen LogP contribution in [0, 0.1) is 0 Å². The summed E-state index contributed by atoms with van der Waals surface area (Å²) in [6.45, 7) is 0. The highest BCUT2D eigenvalue weighted by atomic mass is 16.2. The number of amides is 2. The van der Waals surface area contributed by atoms with E-state index in [1.54, 1.807) is 54.6 Å². The molecule has 0 spiro atoms. The minimum atomic E-state index is -0.644. The second-order valence-corrected chi connectivity index (χ2v) is 4.58. The molecule has 0 bridgehead atoms. The van der Waals surface area contributed by atoms with Crippen molar-refractivity contribution in [3.63, 3.8) is 0 Å². The second-order valence-electron chi connectivity index (χ2n) is 4.58. The Bertz CT molecular complexity index is 695. The minimum Gasteiger partial charge on any atom is -0.292 e. The number of carbonyl (C=O) groups excluding carboxylic acids is 2. The zero-order chi connectivity index (χ0) is 15.8. The molecule has 0 saturated carbocycles. The molecule has 0 unspecified atom stereocenters. The van der Waals surface area contributed by atoms with Gasteiger partial charge in [0.2, 0.25) is 5.91 Å². The van der Waals surface area contributed by atoms with Crippen molar-refractivity contribution in [1.82, 2.24) is 5.32 Å². The van der Waals surface area contributed by atoms with Crippen LogP contribution in [0.1, 0.15) is 28.4 Å². The summed E-state index contributed by atoms with van der Waals surface area (Å²) in [4.78, 5) is 26.6. The first kappa shape index (κ1) is 15.3. The Hall–Kier alpha value is -3.11. The summed E-state index contributed by atoms with van der Waals surface area (Å²) in [5.41, 5.74) is 9.75. The van der Waals surface area contributed by atoms with E-state index in [2.05, 4.69) is 15.3 Å².